The quantitative estimate of drug-likeness (QED) is 0.165. The zero-order chi connectivity index (χ0) is 29.5. The molecule has 0 radical (unpaired) electrons. The largest absolute Gasteiger partial charge is 2.00 e. The van der Waals surface area contributed by atoms with Crippen LogP contribution in [0.2, 0.25) is 0 Å². The van der Waals surface area contributed by atoms with Crippen LogP contribution < -0.4 is 4.74 Å². The Hall–Kier alpha value is -3.81. The minimum absolute atomic E-state index is 0. The van der Waals surface area contributed by atoms with Crippen LogP contribution in [0.25, 0.3) is 44.1 Å². The van der Waals surface area contributed by atoms with Gasteiger partial charge in [0.1, 0.15) is 0 Å². The van der Waals surface area contributed by atoms with E-state index in [0.29, 0.717) is 11.8 Å². The molecular formula is C39H36N2OPt. The fraction of sp³-hybridized carbons (Fsp3) is 0.231. The summed E-state index contributed by atoms with van der Waals surface area (Å²) in [7, 11) is 0. The van der Waals surface area contributed by atoms with Gasteiger partial charge in [-0.3, -0.25) is 9.97 Å². The van der Waals surface area contributed by atoms with Gasteiger partial charge in [-0.2, -0.15) is 0 Å². The summed E-state index contributed by atoms with van der Waals surface area (Å²) in [5, 5.41) is 4.37. The maximum Gasteiger partial charge on any atom is 2.00 e. The van der Waals surface area contributed by atoms with Crippen molar-refractivity contribution < 1.29 is 25.8 Å². The van der Waals surface area contributed by atoms with Crippen LogP contribution in [0.3, 0.4) is 0 Å². The Kier molecular flexibility index (Phi) is 8.59. The van der Waals surface area contributed by atoms with E-state index in [1.54, 1.807) is 0 Å². The van der Waals surface area contributed by atoms with Crippen LogP contribution >= 0.6 is 0 Å². The molecule has 218 valence electrons. The summed E-state index contributed by atoms with van der Waals surface area (Å²) in [6, 6.07) is 40.2. The SMILES string of the molecule is CC(C)(C)Cc1ccc2c(-c3[c-]c4ccccc4cc3)nc(Oc3cc(C(C)(C)C)cc(-c4[c-]cccc4)n3)cc2c1.[Pt+2]. The maximum absolute atomic E-state index is 6.52. The Morgan fingerprint density at radius 3 is 2.21 bits per heavy atom. The molecule has 0 atom stereocenters. The molecule has 2 heterocycles. The second-order valence-electron chi connectivity index (χ2n) is 13.3. The molecule has 0 fully saturated rings. The molecule has 4 heteroatoms. The van der Waals surface area contributed by atoms with Crippen LogP contribution in [-0.2, 0) is 32.9 Å². The van der Waals surface area contributed by atoms with Crippen molar-refractivity contribution in [3.63, 3.8) is 0 Å². The van der Waals surface area contributed by atoms with Gasteiger partial charge in [-0.1, -0.05) is 95.0 Å². The molecule has 0 unspecified atom stereocenters. The van der Waals surface area contributed by atoms with Gasteiger partial charge in [-0.15, -0.1) is 65.5 Å². The Morgan fingerprint density at radius 1 is 0.698 bits per heavy atom. The fourth-order valence-corrected chi connectivity index (χ4v) is 5.31. The van der Waals surface area contributed by atoms with Crippen LogP contribution in [-0.4, -0.2) is 9.97 Å². The normalized spacial score (nSPS) is 11.9. The van der Waals surface area contributed by atoms with E-state index in [2.05, 4.69) is 108 Å². The molecule has 2 aromatic heterocycles. The van der Waals surface area contributed by atoms with Gasteiger partial charge in [0.25, 0.3) is 0 Å². The van der Waals surface area contributed by atoms with Crippen molar-refractivity contribution in [1.82, 2.24) is 9.97 Å². The molecule has 4 aromatic carbocycles. The van der Waals surface area contributed by atoms with Crippen LogP contribution in [0.5, 0.6) is 11.8 Å². The zero-order valence-corrected chi connectivity index (χ0v) is 27.8. The van der Waals surface area contributed by atoms with E-state index in [1.807, 2.05) is 42.5 Å². The number of rotatable bonds is 5. The van der Waals surface area contributed by atoms with Gasteiger partial charge in [-0.25, -0.2) is 0 Å². The third-order valence-electron chi connectivity index (χ3n) is 7.38. The average Bonchev–Trinajstić information content (AvgIpc) is 2.95. The summed E-state index contributed by atoms with van der Waals surface area (Å²) in [5.41, 5.74) is 6.05. The third-order valence-corrected chi connectivity index (χ3v) is 7.38. The summed E-state index contributed by atoms with van der Waals surface area (Å²) >= 11 is 0. The summed E-state index contributed by atoms with van der Waals surface area (Å²) in [4.78, 5) is 9.97. The van der Waals surface area contributed by atoms with Gasteiger partial charge in [0.2, 0.25) is 11.8 Å². The van der Waals surface area contributed by atoms with E-state index in [0.717, 1.165) is 56.0 Å². The van der Waals surface area contributed by atoms with E-state index in [4.69, 9.17) is 14.7 Å². The minimum Gasteiger partial charge on any atom is -0.422 e. The molecule has 43 heavy (non-hydrogen) atoms. The first-order chi connectivity index (χ1) is 20.0. The number of benzene rings is 4. The molecule has 6 rings (SSSR count). The molecule has 0 saturated carbocycles. The van der Waals surface area contributed by atoms with Gasteiger partial charge in [0.15, 0.2) is 0 Å². The smallest absolute Gasteiger partial charge is 0.422 e. The van der Waals surface area contributed by atoms with Gasteiger partial charge < -0.3 is 4.74 Å². The monoisotopic (exact) mass is 743 g/mol. The van der Waals surface area contributed by atoms with Gasteiger partial charge >= 0.3 is 21.1 Å². The van der Waals surface area contributed by atoms with Gasteiger partial charge in [0, 0.05) is 17.8 Å². The zero-order valence-electron chi connectivity index (χ0n) is 25.6. The van der Waals surface area contributed by atoms with Crippen LogP contribution in [0.1, 0.15) is 52.7 Å². The van der Waals surface area contributed by atoms with Crippen LogP contribution in [0, 0.1) is 17.5 Å². The van der Waals surface area contributed by atoms with E-state index in [9.17, 15) is 0 Å². The second-order valence-corrected chi connectivity index (χ2v) is 13.3. The van der Waals surface area contributed by atoms with Crippen LogP contribution in [0.4, 0.5) is 0 Å². The molecule has 0 N–H and O–H groups in total. The molecular weight excluding hydrogens is 708 g/mol. The van der Waals surface area contributed by atoms with Crippen molar-refractivity contribution >= 4 is 21.5 Å². The van der Waals surface area contributed by atoms with E-state index < -0.39 is 0 Å². The molecule has 6 aromatic rings. The topological polar surface area (TPSA) is 35.0 Å². The number of hydrogen-bond acceptors (Lipinski definition) is 3. The number of nitrogens with zero attached hydrogens (tertiary/aromatic N) is 2. The van der Waals surface area contributed by atoms with Crippen molar-refractivity contribution in [3.8, 4) is 34.3 Å². The van der Waals surface area contributed by atoms with Crippen molar-refractivity contribution in [3.05, 3.63) is 120 Å². The second kappa shape index (κ2) is 12.1. The average molecular weight is 744 g/mol. The first-order valence-corrected chi connectivity index (χ1v) is 14.5. The fourth-order valence-electron chi connectivity index (χ4n) is 5.31. The molecule has 0 saturated heterocycles. The Morgan fingerprint density at radius 2 is 1.47 bits per heavy atom. The number of fused-ring (bicyclic) bond motifs is 2. The van der Waals surface area contributed by atoms with E-state index in [1.165, 1.54) is 5.56 Å². The molecule has 0 spiro atoms. The van der Waals surface area contributed by atoms with Crippen LogP contribution in [0.15, 0.2) is 97.1 Å². The number of ether oxygens (including phenoxy) is 1. The molecule has 3 nitrogen and oxygen atoms in total. The maximum atomic E-state index is 6.52. The van der Waals surface area contributed by atoms with Crippen molar-refractivity contribution in [2.45, 2.75) is 53.4 Å². The number of hydrogen-bond donors (Lipinski definition) is 0. The summed E-state index contributed by atoms with van der Waals surface area (Å²) < 4.78 is 6.52. The summed E-state index contributed by atoms with van der Waals surface area (Å²) in [6.07, 6.45) is 0.977. The van der Waals surface area contributed by atoms with Crippen molar-refractivity contribution in [2.75, 3.05) is 0 Å². The predicted octanol–water partition coefficient (Wildman–Crippen LogP) is 10.4. The Balaban J connectivity index is 0.00000368. The Labute approximate surface area is 269 Å². The van der Waals surface area contributed by atoms with Gasteiger partial charge in [0.05, 0.1) is 0 Å². The molecule has 0 aliphatic rings. The summed E-state index contributed by atoms with van der Waals surface area (Å²) in [6.45, 7) is 13.4. The standard InChI is InChI=1S/C39H36N2O.Pt/c1-38(2,3)25-26-16-19-33-31(20-26)22-35(41-37(33)30-18-17-27-12-10-11-15-29(27)21-30)42-36-24-32(39(4,5)6)23-34(40-36)28-13-8-7-9-14-28;/h7-13,15-20,22-24H,25H2,1-6H3;/q-2;+2. The molecule has 0 amide bonds. The van der Waals surface area contributed by atoms with E-state index in [-0.39, 0.29) is 31.9 Å². The van der Waals surface area contributed by atoms with Crippen molar-refractivity contribution in [1.29, 1.82) is 0 Å². The molecule has 0 bridgehead atoms. The predicted molar refractivity (Wildman–Crippen MR) is 174 cm³/mol. The van der Waals surface area contributed by atoms with Crippen molar-refractivity contribution in [2.24, 2.45) is 5.41 Å². The number of pyridine rings is 2. The third kappa shape index (κ3) is 7.06. The van der Waals surface area contributed by atoms with E-state index >= 15 is 0 Å². The van der Waals surface area contributed by atoms with Gasteiger partial charge in [-0.05, 0) is 44.8 Å². The molecule has 0 aliphatic heterocycles. The number of aromatic nitrogens is 2. The molecule has 0 aliphatic carbocycles. The first-order valence-electron chi connectivity index (χ1n) is 14.5. The Bertz CT molecular complexity index is 1900. The minimum atomic E-state index is -0.0888. The first kappa shape index (κ1) is 30.6. The summed E-state index contributed by atoms with van der Waals surface area (Å²) in [5.74, 6) is 1.02.